The van der Waals surface area contributed by atoms with E-state index >= 15 is 0 Å². The quantitative estimate of drug-likeness (QED) is 0.600. The second kappa shape index (κ2) is 10.1. The molecule has 2 fully saturated rings. The molecular formula is C26H34N2O3. The molecule has 31 heavy (non-hydrogen) atoms. The van der Waals surface area contributed by atoms with Crippen LogP contribution in [-0.2, 0) is 4.79 Å². The number of likely N-dealkylation sites (N-methyl/N-ethyl adjacent to an activating group) is 1. The van der Waals surface area contributed by atoms with Crippen LogP contribution >= 0.6 is 0 Å². The lowest BCUT2D eigenvalue weighted by atomic mass is 10.0. The molecule has 0 spiro atoms. The van der Waals surface area contributed by atoms with Crippen molar-refractivity contribution >= 4 is 11.6 Å². The highest BCUT2D eigenvalue weighted by atomic mass is 16.5. The Morgan fingerprint density at radius 1 is 1.06 bits per heavy atom. The molecule has 1 saturated carbocycles. The molecule has 0 bridgehead atoms. The predicted molar refractivity (Wildman–Crippen MR) is 124 cm³/mol. The van der Waals surface area contributed by atoms with Gasteiger partial charge < -0.3 is 19.7 Å². The zero-order valence-electron chi connectivity index (χ0n) is 18.7. The summed E-state index contributed by atoms with van der Waals surface area (Å²) in [5.74, 6) is 2.62. The van der Waals surface area contributed by atoms with Crippen LogP contribution in [0, 0.1) is 5.92 Å². The molecule has 0 radical (unpaired) electrons. The topological polar surface area (TPSA) is 50.8 Å². The lowest BCUT2D eigenvalue weighted by Crippen LogP contribution is -2.27. The molecule has 1 heterocycles. The van der Waals surface area contributed by atoms with E-state index in [1.807, 2.05) is 38.1 Å². The van der Waals surface area contributed by atoms with Crippen LogP contribution in [0.5, 0.6) is 11.5 Å². The zero-order valence-corrected chi connectivity index (χ0v) is 18.7. The number of rotatable bonds is 10. The van der Waals surface area contributed by atoms with Crippen LogP contribution in [0.3, 0.4) is 0 Å². The second-order valence-electron chi connectivity index (χ2n) is 8.73. The molecule has 1 N–H and O–H groups in total. The second-order valence-corrected chi connectivity index (χ2v) is 8.73. The van der Waals surface area contributed by atoms with E-state index in [1.54, 1.807) is 0 Å². The van der Waals surface area contributed by atoms with E-state index in [0.29, 0.717) is 6.54 Å². The summed E-state index contributed by atoms with van der Waals surface area (Å²) < 4.78 is 12.1. The average molecular weight is 423 g/mol. The van der Waals surface area contributed by atoms with E-state index < -0.39 is 0 Å². The van der Waals surface area contributed by atoms with Gasteiger partial charge in [-0.15, -0.1) is 0 Å². The molecule has 1 unspecified atom stereocenters. The number of benzene rings is 2. The van der Waals surface area contributed by atoms with Gasteiger partial charge in [0.15, 0.2) is 0 Å². The first-order valence-corrected chi connectivity index (χ1v) is 11.6. The van der Waals surface area contributed by atoms with Gasteiger partial charge in [-0.2, -0.15) is 0 Å². The number of carbonyl (C=O) groups excluding carboxylic acids is 1. The van der Waals surface area contributed by atoms with Crippen LogP contribution in [0.2, 0.25) is 0 Å². The molecule has 1 saturated heterocycles. The van der Waals surface area contributed by atoms with Gasteiger partial charge in [-0.1, -0.05) is 25.0 Å². The van der Waals surface area contributed by atoms with Crippen LogP contribution in [-0.4, -0.2) is 38.3 Å². The fourth-order valence-corrected chi connectivity index (χ4v) is 4.07. The highest BCUT2D eigenvalue weighted by molar-refractivity contribution is 5.83. The molecule has 4 rings (SSSR count). The number of anilines is 1. The number of amides is 1. The van der Waals surface area contributed by atoms with E-state index in [9.17, 15) is 4.79 Å². The molecule has 5 heteroatoms. The van der Waals surface area contributed by atoms with Gasteiger partial charge in [0.2, 0.25) is 5.91 Å². The number of nitrogens with one attached hydrogen (secondary N) is 1. The van der Waals surface area contributed by atoms with Gasteiger partial charge in [-0.3, -0.25) is 4.79 Å². The van der Waals surface area contributed by atoms with Crippen molar-refractivity contribution in [1.29, 1.82) is 0 Å². The Hall–Kier alpha value is -2.69. The first kappa shape index (κ1) is 21.5. The van der Waals surface area contributed by atoms with E-state index in [1.165, 1.54) is 24.9 Å². The summed E-state index contributed by atoms with van der Waals surface area (Å²) in [7, 11) is 0. The van der Waals surface area contributed by atoms with Gasteiger partial charge >= 0.3 is 0 Å². The number of hydrogen-bond donors (Lipinski definition) is 1. The van der Waals surface area contributed by atoms with Crippen LogP contribution in [0.25, 0.3) is 0 Å². The third-order valence-electron chi connectivity index (χ3n) is 6.27. The lowest BCUT2D eigenvalue weighted by Gasteiger charge is -2.20. The Morgan fingerprint density at radius 2 is 1.77 bits per heavy atom. The van der Waals surface area contributed by atoms with Crippen molar-refractivity contribution < 1.29 is 14.3 Å². The number of carbonyl (C=O) groups is 1. The van der Waals surface area contributed by atoms with Crippen LogP contribution in [0.4, 0.5) is 5.69 Å². The molecule has 5 nitrogen and oxygen atoms in total. The van der Waals surface area contributed by atoms with Crippen molar-refractivity contribution in [2.24, 2.45) is 5.92 Å². The van der Waals surface area contributed by atoms with Crippen molar-refractivity contribution in [2.45, 2.75) is 51.6 Å². The Morgan fingerprint density at radius 3 is 2.45 bits per heavy atom. The number of nitrogens with zero attached hydrogens (tertiary/aromatic N) is 1. The molecule has 2 aliphatic rings. The minimum atomic E-state index is -0.156. The smallest absolute Gasteiger partial charge is 0.227 e. The summed E-state index contributed by atoms with van der Waals surface area (Å²) in [6.07, 6.45) is 5.09. The lowest BCUT2D eigenvalue weighted by molar-refractivity contribution is -0.122. The van der Waals surface area contributed by atoms with E-state index in [4.69, 9.17) is 9.47 Å². The molecule has 1 amide bonds. The van der Waals surface area contributed by atoms with Crippen molar-refractivity contribution in [2.75, 3.05) is 31.1 Å². The summed E-state index contributed by atoms with van der Waals surface area (Å²) in [6.45, 7) is 7.20. The Kier molecular flexibility index (Phi) is 7.00. The van der Waals surface area contributed by atoms with Crippen molar-refractivity contribution in [3.63, 3.8) is 0 Å². The van der Waals surface area contributed by atoms with Gasteiger partial charge in [-0.25, -0.2) is 0 Å². The normalized spacial score (nSPS) is 19.2. The highest BCUT2D eigenvalue weighted by Crippen LogP contribution is 2.32. The summed E-state index contributed by atoms with van der Waals surface area (Å²) in [4.78, 5) is 14.4. The molecular weight excluding hydrogens is 388 g/mol. The standard InChI is InChI=1S/C26H34N2O3/c1-3-27-26(29)19(2)21-6-10-24(11-7-21)31-25-14-16-28(18-25)22-8-12-23(13-9-22)30-17-15-20-4-5-20/h6-13,19-20,25H,3-5,14-18H2,1-2H3,(H,27,29)/t19?,25-/m1/s1. The predicted octanol–water partition coefficient (Wildman–Crippen LogP) is 4.76. The first-order valence-electron chi connectivity index (χ1n) is 11.6. The van der Waals surface area contributed by atoms with E-state index in [0.717, 1.165) is 49.1 Å². The SMILES string of the molecule is CCNC(=O)C(C)c1ccc(O[C@@H]2CCN(c3ccc(OCCC4CC4)cc3)C2)cc1. The van der Waals surface area contributed by atoms with Crippen LogP contribution < -0.4 is 19.7 Å². The average Bonchev–Trinajstić information content (AvgIpc) is 3.50. The maximum absolute atomic E-state index is 12.0. The van der Waals surface area contributed by atoms with E-state index in [-0.39, 0.29) is 17.9 Å². The fourth-order valence-electron chi connectivity index (χ4n) is 4.07. The minimum Gasteiger partial charge on any atom is -0.494 e. The Labute approximate surface area is 185 Å². The molecule has 1 aliphatic carbocycles. The van der Waals surface area contributed by atoms with Crippen molar-refractivity contribution in [3.05, 3.63) is 54.1 Å². The maximum atomic E-state index is 12.0. The number of ether oxygens (including phenoxy) is 2. The fraction of sp³-hybridized carbons (Fsp3) is 0.500. The zero-order chi connectivity index (χ0) is 21.6. The highest BCUT2D eigenvalue weighted by Gasteiger charge is 2.25. The van der Waals surface area contributed by atoms with Crippen LogP contribution in [0.15, 0.2) is 48.5 Å². The Balaban J connectivity index is 1.25. The number of hydrogen-bond acceptors (Lipinski definition) is 4. The molecule has 2 aromatic carbocycles. The molecule has 2 atom stereocenters. The summed E-state index contributed by atoms with van der Waals surface area (Å²) in [6, 6.07) is 16.4. The van der Waals surface area contributed by atoms with Gasteiger partial charge in [0.25, 0.3) is 0 Å². The third kappa shape index (κ3) is 5.93. The van der Waals surface area contributed by atoms with Crippen LogP contribution in [0.1, 0.15) is 51.0 Å². The molecule has 166 valence electrons. The Bertz CT molecular complexity index is 846. The van der Waals surface area contributed by atoms with Crippen molar-refractivity contribution in [3.8, 4) is 11.5 Å². The molecule has 0 aromatic heterocycles. The summed E-state index contributed by atoms with van der Waals surface area (Å²) in [5, 5.41) is 2.87. The molecule has 1 aliphatic heterocycles. The van der Waals surface area contributed by atoms with Gasteiger partial charge in [-0.05, 0) is 68.1 Å². The first-order chi connectivity index (χ1) is 15.1. The van der Waals surface area contributed by atoms with Crippen molar-refractivity contribution in [1.82, 2.24) is 5.32 Å². The summed E-state index contributed by atoms with van der Waals surface area (Å²) in [5.41, 5.74) is 2.22. The van der Waals surface area contributed by atoms with E-state index in [2.05, 4.69) is 34.5 Å². The largest absolute Gasteiger partial charge is 0.494 e. The van der Waals surface area contributed by atoms with Gasteiger partial charge in [0.05, 0.1) is 19.1 Å². The maximum Gasteiger partial charge on any atom is 0.227 e. The monoisotopic (exact) mass is 422 g/mol. The minimum absolute atomic E-state index is 0.0573. The summed E-state index contributed by atoms with van der Waals surface area (Å²) >= 11 is 0. The third-order valence-corrected chi connectivity index (χ3v) is 6.27. The van der Waals surface area contributed by atoms with Gasteiger partial charge in [0.1, 0.15) is 17.6 Å². The molecule has 2 aromatic rings. The van der Waals surface area contributed by atoms with Gasteiger partial charge in [0, 0.05) is 25.2 Å².